The van der Waals surface area contributed by atoms with Crippen LogP contribution in [0.3, 0.4) is 0 Å². The monoisotopic (exact) mass is 341 g/mol. The van der Waals surface area contributed by atoms with Crippen molar-refractivity contribution in [3.63, 3.8) is 0 Å². The molecule has 2 rings (SSSR count). The number of anilines is 1. The lowest BCUT2D eigenvalue weighted by Crippen LogP contribution is -2.28. The molecule has 0 aliphatic carbocycles. The minimum Gasteiger partial charge on any atom is -0.383 e. The molecular weight excluding hydrogens is 318 g/mol. The normalized spacial score (nSPS) is 10.6. The van der Waals surface area contributed by atoms with Gasteiger partial charge < -0.3 is 15.4 Å². The van der Waals surface area contributed by atoms with Crippen molar-refractivity contribution in [2.75, 3.05) is 25.6 Å². The largest absolute Gasteiger partial charge is 0.383 e. The number of benzene rings is 1. The summed E-state index contributed by atoms with van der Waals surface area (Å²) < 4.78 is 4.88. The molecule has 0 saturated heterocycles. The second-order valence-electron chi connectivity index (χ2n) is 5.89. The van der Waals surface area contributed by atoms with Crippen molar-refractivity contribution in [1.29, 1.82) is 0 Å². The van der Waals surface area contributed by atoms with E-state index in [0.29, 0.717) is 24.8 Å². The maximum Gasteiger partial charge on any atom is 0.274 e. The lowest BCUT2D eigenvalue weighted by atomic mass is 10.0. The van der Waals surface area contributed by atoms with Gasteiger partial charge in [-0.2, -0.15) is 0 Å². The van der Waals surface area contributed by atoms with Crippen LogP contribution in [0.15, 0.2) is 42.5 Å². The lowest BCUT2D eigenvalue weighted by molar-refractivity contribution is 0.0932. The maximum absolute atomic E-state index is 12.3. The number of nitrogens with zero attached hydrogens (tertiary/aromatic N) is 1. The van der Waals surface area contributed by atoms with E-state index < -0.39 is 0 Å². The molecule has 2 amide bonds. The minimum absolute atomic E-state index is 0.187. The number of pyridine rings is 1. The van der Waals surface area contributed by atoms with Gasteiger partial charge in [0.25, 0.3) is 11.8 Å². The topological polar surface area (TPSA) is 80.3 Å². The zero-order chi connectivity index (χ0) is 18.2. The van der Waals surface area contributed by atoms with E-state index in [2.05, 4.69) is 29.5 Å². The van der Waals surface area contributed by atoms with Gasteiger partial charge in [-0.25, -0.2) is 4.98 Å². The molecule has 6 nitrogen and oxygen atoms in total. The quantitative estimate of drug-likeness (QED) is 0.759. The van der Waals surface area contributed by atoms with Crippen LogP contribution in [0.25, 0.3) is 0 Å². The van der Waals surface area contributed by atoms with Crippen LogP contribution >= 0.6 is 0 Å². The Morgan fingerprint density at radius 2 is 1.68 bits per heavy atom. The van der Waals surface area contributed by atoms with Crippen LogP contribution in [0.5, 0.6) is 0 Å². The average molecular weight is 341 g/mol. The summed E-state index contributed by atoms with van der Waals surface area (Å²) in [5.74, 6) is -0.267. The molecule has 1 heterocycles. The highest BCUT2D eigenvalue weighted by Crippen LogP contribution is 2.17. The molecule has 6 heteroatoms. The van der Waals surface area contributed by atoms with E-state index in [1.807, 2.05) is 24.3 Å². The van der Waals surface area contributed by atoms with E-state index >= 15 is 0 Å². The number of amides is 2. The maximum atomic E-state index is 12.3. The number of hydrogen-bond acceptors (Lipinski definition) is 4. The Labute approximate surface area is 147 Å². The fraction of sp³-hybridized carbons (Fsp3) is 0.316. The number of nitrogens with one attached hydrogen (secondary N) is 2. The Bertz CT molecular complexity index is 727. The van der Waals surface area contributed by atoms with Crippen LogP contribution in [-0.2, 0) is 4.74 Å². The number of ether oxygens (including phenoxy) is 1. The van der Waals surface area contributed by atoms with E-state index in [1.54, 1.807) is 25.3 Å². The third-order valence-corrected chi connectivity index (χ3v) is 3.64. The van der Waals surface area contributed by atoms with E-state index in [1.165, 1.54) is 5.56 Å². The molecule has 0 aliphatic heterocycles. The molecule has 0 radical (unpaired) electrons. The molecule has 2 N–H and O–H groups in total. The summed E-state index contributed by atoms with van der Waals surface area (Å²) in [7, 11) is 1.56. The smallest absolute Gasteiger partial charge is 0.274 e. The highest BCUT2D eigenvalue weighted by Gasteiger charge is 2.12. The first-order chi connectivity index (χ1) is 12.0. The first kappa shape index (κ1) is 18.6. The molecule has 25 heavy (non-hydrogen) atoms. The van der Waals surface area contributed by atoms with E-state index in [9.17, 15) is 9.59 Å². The van der Waals surface area contributed by atoms with Gasteiger partial charge in [0.15, 0.2) is 0 Å². The molecule has 0 unspecified atom stereocenters. The molecule has 0 saturated carbocycles. The SMILES string of the molecule is COCCNC(=O)c1cccc(C(=O)Nc2ccc(C(C)C)cc2)n1. The third-order valence-electron chi connectivity index (χ3n) is 3.64. The molecule has 1 aromatic heterocycles. The van der Waals surface area contributed by atoms with E-state index in [0.717, 1.165) is 0 Å². The Morgan fingerprint density at radius 1 is 1.04 bits per heavy atom. The molecule has 0 bridgehead atoms. The average Bonchev–Trinajstić information content (AvgIpc) is 2.62. The molecule has 1 aromatic carbocycles. The Balaban J connectivity index is 2.04. The predicted octanol–water partition coefficient (Wildman–Crippen LogP) is 2.83. The summed E-state index contributed by atoms with van der Waals surface area (Å²) in [5, 5.41) is 5.46. The molecule has 132 valence electrons. The minimum atomic E-state index is -0.358. The molecule has 2 aromatic rings. The number of methoxy groups -OCH3 is 1. The molecule has 0 spiro atoms. The first-order valence-electron chi connectivity index (χ1n) is 8.16. The van der Waals surface area contributed by atoms with Gasteiger partial charge in [-0.15, -0.1) is 0 Å². The first-order valence-corrected chi connectivity index (χ1v) is 8.16. The van der Waals surface area contributed by atoms with Gasteiger partial charge in [-0.1, -0.05) is 32.0 Å². The van der Waals surface area contributed by atoms with Crippen LogP contribution in [-0.4, -0.2) is 37.1 Å². The predicted molar refractivity (Wildman–Crippen MR) is 96.9 cm³/mol. The number of carbonyl (C=O) groups excluding carboxylic acids is 2. The van der Waals surface area contributed by atoms with E-state index in [-0.39, 0.29) is 23.2 Å². The van der Waals surface area contributed by atoms with Gasteiger partial charge in [-0.3, -0.25) is 9.59 Å². The molecule has 0 atom stereocenters. The standard InChI is InChI=1S/C19H23N3O3/c1-13(2)14-7-9-15(10-8-14)21-19(24)17-6-4-5-16(22-17)18(23)20-11-12-25-3/h4-10,13H,11-12H2,1-3H3,(H,20,23)(H,21,24). The summed E-state index contributed by atoms with van der Waals surface area (Å²) in [6, 6.07) is 12.4. The van der Waals surface area contributed by atoms with Crippen LogP contribution in [0, 0.1) is 0 Å². The summed E-state index contributed by atoms with van der Waals surface area (Å²) in [5.41, 5.74) is 2.27. The zero-order valence-electron chi connectivity index (χ0n) is 14.7. The van der Waals surface area contributed by atoms with Crippen LogP contribution in [0.1, 0.15) is 46.3 Å². The fourth-order valence-corrected chi connectivity index (χ4v) is 2.19. The Hall–Kier alpha value is -2.73. The van der Waals surface area contributed by atoms with Gasteiger partial charge in [0.05, 0.1) is 6.61 Å². The number of rotatable bonds is 7. The van der Waals surface area contributed by atoms with Gasteiger partial charge >= 0.3 is 0 Å². The zero-order valence-corrected chi connectivity index (χ0v) is 14.7. The number of aromatic nitrogens is 1. The Morgan fingerprint density at radius 3 is 2.28 bits per heavy atom. The van der Waals surface area contributed by atoms with Crippen molar-refractivity contribution in [2.45, 2.75) is 19.8 Å². The third kappa shape index (κ3) is 5.39. The van der Waals surface area contributed by atoms with Crippen LogP contribution < -0.4 is 10.6 Å². The summed E-state index contributed by atoms with van der Waals surface area (Å²) in [4.78, 5) is 28.5. The lowest BCUT2D eigenvalue weighted by Gasteiger charge is -2.09. The second kappa shape index (κ2) is 8.94. The number of hydrogen-bond donors (Lipinski definition) is 2. The molecular formula is C19H23N3O3. The molecule has 0 aliphatic rings. The highest BCUT2D eigenvalue weighted by atomic mass is 16.5. The van der Waals surface area contributed by atoms with Gasteiger partial charge in [0.2, 0.25) is 0 Å². The van der Waals surface area contributed by atoms with Gasteiger partial charge in [0, 0.05) is 19.3 Å². The summed E-state index contributed by atoms with van der Waals surface area (Å²) in [6.07, 6.45) is 0. The van der Waals surface area contributed by atoms with Crippen molar-refractivity contribution >= 4 is 17.5 Å². The van der Waals surface area contributed by atoms with Crippen LogP contribution in [0.2, 0.25) is 0 Å². The summed E-state index contributed by atoms with van der Waals surface area (Å²) in [6.45, 7) is 5.02. The van der Waals surface area contributed by atoms with Gasteiger partial charge in [0.1, 0.15) is 11.4 Å². The van der Waals surface area contributed by atoms with Gasteiger partial charge in [-0.05, 0) is 35.7 Å². The van der Waals surface area contributed by atoms with Crippen LogP contribution in [0.4, 0.5) is 5.69 Å². The fourth-order valence-electron chi connectivity index (χ4n) is 2.19. The van der Waals surface area contributed by atoms with Crippen molar-refractivity contribution < 1.29 is 14.3 Å². The van der Waals surface area contributed by atoms with Crippen molar-refractivity contribution in [3.8, 4) is 0 Å². The van der Waals surface area contributed by atoms with Crippen molar-refractivity contribution in [2.24, 2.45) is 0 Å². The number of carbonyl (C=O) groups is 2. The second-order valence-corrected chi connectivity index (χ2v) is 5.89. The molecule has 0 fully saturated rings. The Kier molecular flexibility index (Phi) is 6.65. The van der Waals surface area contributed by atoms with Crippen molar-refractivity contribution in [1.82, 2.24) is 10.3 Å². The highest BCUT2D eigenvalue weighted by molar-refractivity contribution is 6.03. The van der Waals surface area contributed by atoms with Crippen molar-refractivity contribution in [3.05, 3.63) is 59.4 Å². The summed E-state index contributed by atoms with van der Waals surface area (Å²) >= 11 is 0. The van der Waals surface area contributed by atoms with E-state index in [4.69, 9.17) is 4.74 Å².